The number of halogens is 1. The fourth-order valence-corrected chi connectivity index (χ4v) is 0.675. The highest BCUT2D eigenvalue weighted by atomic mass is 79.9. The van der Waals surface area contributed by atoms with Gasteiger partial charge >= 0.3 is 0 Å². The summed E-state index contributed by atoms with van der Waals surface area (Å²) in [6.07, 6.45) is 0. The van der Waals surface area contributed by atoms with E-state index >= 15 is 0 Å². The minimum absolute atomic E-state index is 0.123. The summed E-state index contributed by atoms with van der Waals surface area (Å²) in [5.74, 6) is -0.123. The Hall–Kier alpha value is -0.0900. The molecule has 4 heteroatoms. The van der Waals surface area contributed by atoms with Crippen molar-refractivity contribution in [1.82, 2.24) is 5.32 Å². The summed E-state index contributed by atoms with van der Waals surface area (Å²) in [5, 5.41) is 12.6. The van der Waals surface area contributed by atoms with Crippen molar-refractivity contribution in [2.45, 2.75) is 38.8 Å². The van der Waals surface area contributed by atoms with Crippen LogP contribution in [0.4, 0.5) is 0 Å². The molecule has 0 unspecified atom stereocenters. The van der Waals surface area contributed by atoms with Gasteiger partial charge in [0.1, 0.15) is 0 Å². The van der Waals surface area contributed by atoms with Gasteiger partial charge in [-0.05, 0) is 27.7 Å². The van der Waals surface area contributed by atoms with Crippen LogP contribution in [0, 0.1) is 0 Å². The summed E-state index contributed by atoms with van der Waals surface area (Å²) in [7, 11) is 0. The van der Waals surface area contributed by atoms with Crippen LogP contribution in [0.2, 0.25) is 0 Å². The van der Waals surface area contributed by atoms with Crippen molar-refractivity contribution in [2.24, 2.45) is 0 Å². The van der Waals surface area contributed by atoms with Gasteiger partial charge in [0.25, 0.3) is 0 Å². The summed E-state index contributed by atoms with van der Waals surface area (Å²) < 4.78 is 0. The van der Waals surface area contributed by atoms with Crippen molar-refractivity contribution in [3.8, 4) is 0 Å². The Morgan fingerprint density at radius 2 is 1.83 bits per heavy atom. The molecule has 0 aliphatic heterocycles. The van der Waals surface area contributed by atoms with Gasteiger partial charge in [0, 0.05) is 0 Å². The lowest BCUT2D eigenvalue weighted by atomic mass is 9.86. The average Bonchev–Trinajstić information content (AvgIpc) is 1.84. The van der Waals surface area contributed by atoms with E-state index in [1.165, 1.54) is 0 Å². The fraction of sp³-hybridized carbons (Fsp3) is 0.875. The van der Waals surface area contributed by atoms with Gasteiger partial charge in [-0.2, -0.15) is 0 Å². The number of rotatable bonds is 3. The summed E-state index contributed by atoms with van der Waals surface area (Å²) >= 11 is 3.04. The molecule has 72 valence electrons. The molecular weight excluding hydrogens is 222 g/mol. The second-order valence-electron chi connectivity index (χ2n) is 3.87. The van der Waals surface area contributed by atoms with Crippen LogP contribution in [0.15, 0.2) is 0 Å². The van der Waals surface area contributed by atoms with Crippen LogP contribution in [0.5, 0.6) is 0 Å². The number of amides is 1. The Bertz CT molecular complexity index is 172. The molecule has 0 bridgehead atoms. The van der Waals surface area contributed by atoms with Gasteiger partial charge in [0.2, 0.25) is 5.91 Å². The summed E-state index contributed by atoms with van der Waals surface area (Å²) in [5.41, 5.74) is -1.54. The molecule has 0 spiro atoms. The number of aliphatic hydroxyl groups is 1. The Morgan fingerprint density at radius 1 is 1.42 bits per heavy atom. The van der Waals surface area contributed by atoms with Crippen LogP contribution < -0.4 is 5.32 Å². The SMILES string of the molecule is CC(C)(O)C(C)(C)NC(=O)CBr. The van der Waals surface area contributed by atoms with Crippen molar-refractivity contribution < 1.29 is 9.90 Å². The van der Waals surface area contributed by atoms with Crippen molar-refractivity contribution in [3.63, 3.8) is 0 Å². The van der Waals surface area contributed by atoms with Gasteiger partial charge < -0.3 is 10.4 Å². The molecule has 12 heavy (non-hydrogen) atoms. The van der Waals surface area contributed by atoms with Crippen LogP contribution >= 0.6 is 15.9 Å². The van der Waals surface area contributed by atoms with E-state index in [2.05, 4.69) is 21.2 Å². The zero-order valence-electron chi connectivity index (χ0n) is 7.94. The lowest BCUT2D eigenvalue weighted by Gasteiger charge is -2.37. The van der Waals surface area contributed by atoms with Crippen LogP contribution in [-0.2, 0) is 4.79 Å². The van der Waals surface area contributed by atoms with E-state index in [0.717, 1.165) is 0 Å². The second-order valence-corrected chi connectivity index (χ2v) is 4.43. The number of alkyl halides is 1. The molecule has 0 saturated carbocycles. The number of carbonyl (C=O) groups excluding carboxylic acids is 1. The highest BCUT2D eigenvalue weighted by Gasteiger charge is 2.35. The highest BCUT2D eigenvalue weighted by molar-refractivity contribution is 9.09. The van der Waals surface area contributed by atoms with Crippen LogP contribution in [0.1, 0.15) is 27.7 Å². The number of hydrogen-bond acceptors (Lipinski definition) is 2. The quantitative estimate of drug-likeness (QED) is 0.722. The number of hydrogen-bond donors (Lipinski definition) is 2. The minimum Gasteiger partial charge on any atom is -0.388 e. The van der Waals surface area contributed by atoms with Gasteiger partial charge in [0.05, 0.1) is 16.5 Å². The monoisotopic (exact) mass is 237 g/mol. The topological polar surface area (TPSA) is 49.3 Å². The first-order chi connectivity index (χ1) is 5.20. The maximum absolute atomic E-state index is 11.0. The number of nitrogens with one attached hydrogen (secondary N) is 1. The first-order valence-electron chi connectivity index (χ1n) is 3.80. The molecule has 1 amide bonds. The van der Waals surface area contributed by atoms with E-state index in [9.17, 15) is 9.90 Å². The molecule has 0 radical (unpaired) electrons. The van der Waals surface area contributed by atoms with E-state index < -0.39 is 11.1 Å². The van der Waals surface area contributed by atoms with Crippen molar-refractivity contribution in [2.75, 3.05) is 5.33 Å². The van der Waals surface area contributed by atoms with Gasteiger partial charge in [0.15, 0.2) is 0 Å². The molecule has 0 saturated heterocycles. The predicted molar refractivity (Wildman–Crippen MR) is 52.3 cm³/mol. The summed E-state index contributed by atoms with van der Waals surface area (Å²) in [6.45, 7) is 6.91. The lowest BCUT2D eigenvalue weighted by Crippen LogP contribution is -2.58. The average molecular weight is 238 g/mol. The van der Waals surface area contributed by atoms with E-state index in [1.54, 1.807) is 27.7 Å². The zero-order valence-corrected chi connectivity index (χ0v) is 9.53. The first-order valence-corrected chi connectivity index (χ1v) is 4.92. The Balaban J connectivity index is 4.33. The third-order valence-corrected chi connectivity index (χ3v) is 2.61. The summed E-state index contributed by atoms with van der Waals surface area (Å²) in [6, 6.07) is 0. The second kappa shape index (κ2) is 3.75. The lowest BCUT2D eigenvalue weighted by molar-refractivity contribution is -0.123. The van der Waals surface area contributed by atoms with Crippen molar-refractivity contribution in [1.29, 1.82) is 0 Å². The fourth-order valence-electron chi connectivity index (χ4n) is 0.535. The highest BCUT2D eigenvalue weighted by Crippen LogP contribution is 2.20. The van der Waals surface area contributed by atoms with E-state index in [4.69, 9.17) is 0 Å². The van der Waals surface area contributed by atoms with Gasteiger partial charge in [-0.1, -0.05) is 15.9 Å². The molecule has 0 fully saturated rings. The Labute approximate surface area is 81.7 Å². The molecule has 0 heterocycles. The number of carbonyl (C=O) groups is 1. The van der Waals surface area contributed by atoms with E-state index in [-0.39, 0.29) is 11.2 Å². The first kappa shape index (κ1) is 11.9. The van der Waals surface area contributed by atoms with Crippen LogP contribution in [0.3, 0.4) is 0 Å². The van der Waals surface area contributed by atoms with E-state index in [0.29, 0.717) is 0 Å². The largest absolute Gasteiger partial charge is 0.388 e. The third kappa shape index (κ3) is 3.11. The standard InChI is InChI=1S/C8H16BrNO2/c1-7(2,8(3,4)12)10-6(11)5-9/h12H,5H2,1-4H3,(H,10,11). The van der Waals surface area contributed by atoms with E-state index in [1.807, 2.05) is 0 Å². The minimum atomic E-state index is -0.926. The molecule has 0 atom stereocenters. The molecule has 0 aromatic rings. The van der Waals surface area contributed by atoms with Gasteiger partial charge in [-0.25, -0.2) is 0 Å². The van der Waals surface area contributed by atoms with Gasteiger partial charge in [-0.3, -0.25) is 4.79 Å². The molecule has 2 N–H and O–H groups in total. The zero-order chi connectivity index (χ0) is 9.99. The molecule has 0 aromatic carbocycles. The molecule has 0 aliphatic carbocycles. The maximum atomic E-state index is 11.0. The summed E-state index contributed by atoms with van der Waals surface area (Å²) in [4.78, 5) is 11.0. The molecular formula is C8H16BrNO2. The van der Waals surface area contributed by atoms with Crippen molar-refractivity contribution in [3.05, 3.63) is 0 Å². The smallest absolute Gasteiger partial charge is 0.231 e. The van der Waals surface area contributed by atoms with Crippen molar-refractivity contribution >= 4 is 21.8 Å². The maximum Gasteiger partial charge on any atom is 0.231 e. The Morgan fingerprint density at radius 3 is 2.08 bits per heavy atom. The Kier molecular flexibility index (Phi) is 3.72. The molecule has 3 nitrogen and oxygen atoms in total. The predicted octanol–water partition coefficient (Wildman–Crippen LogP) is 1.05. The molecule has 0 aromatic heterocycles. The normalized spacial score (nSPS) is 12.8. The molecule has 0 rings (SSSR count). The van der Waals surface area contributed by atoms with Crippen LogP contribution in [-0.4, -0.2) is 27.5 Å². The third-order valence-electron chi connectivity index (χ3n) is 2.10. The molecule has 0 aliphatic rings. The van der Waals surface area contributed by atoms with Crippen LogP contribution in [0.25, 0.3) is 0 Å². The van der Waals surface area contributed by atoms with Gasteiger partial charge in [-0.15, -0.1) is 0 Å².